The molecule has 0 bridgehead atoms. The summed E-state index contributed by atoms with van der Waals surface area (Å²) < 4.78 is 0. The molecule has 0 radical (unpaired) electrons. The topological polar surface area (TPSA) is 44.4 Å². The van der Waals surface area contributed by atoms with Crippen LogP contribution in [-0.4, -0.2) is 37.5 Å². The van der Waals surface area contributed by atoms with E-state index in [0.29, 0.717) is 19.1 Å². The summed E-state index contributed by atoms with van der Waals surface area (Å²) in [4.78, 5) is 13.7. The summed E-state index contributed by atoms with van der Waals surface area (Å²) in [5.74, 6) is 0.0206. The first-order valence-corrected chi connectivity index (χ1v) is 6.72. The van der Waals surface area contributed by atoms with Gasteiger partial charge in [0.25, 0.3) is 0 Å². The average Bonchev–Trinajstić information content (AvgIpc) is 2.37. The monoisotopic (exact) mass is 335 g/mol. The van der Waals surface area contributed by atoms with Gasteiger partial charge in [0.15, 0.2) is 0 Å². The van der Waals surface area contributed by atoms with Crippen molar-refractivity contribution in [2.24, 2.45) is 0 Å². The van der Waals surface area contributed by atoms with Crippen LogP contribution in [0.25, 0.3) is 0 Å². The van der Waals surface area contributed by atoms with Crippen LogP contribution < -0.4 is 10.6 Å². The maximum atomic E-state index is 11.4. The van der Waals surface area contributed by atoms with Crippen LogP contribution in [0.1, 0.15) is 25.0 Å². The minimum atomic E-state index is 0. The van der Waals surface area contributed by atoms with Gasteiger partial charge in [-0.2, -0.15) is 0 Å². The highest BCUT2D eigenvalue weighted by Crippen LogP contribution is 2.09. The molecule has 1 aromatic rings. The van der Waals surface area contributed by atoms with Crippen molar-refractivity contribution in [2.45, 2.75) is 33.0 Å². The Labute approximate surface area is 140 Å². The predicted molar refractivity (Wildman–Crippen MR) is 93.3 cm³/mol. The van der Waals surface area contributed by atoms with Crippen molar-refractivity contribution in [2.75, 3.05) is 20.6 Å². The van der Waals surface area contributed by atoms with Gasteiger partial charge < -0.3 is 10.6 Å². The number of benzene rings is 1. The minimum Gasteiger partial charge on any atom is -0.351 e. The first-order chi connectivity index (χ1) is 9.02. The fourth-order valence-electron chi connectivity index (χ4n) is 1.73. The number of hydrogen-bond acceptors (Lipinski definition) is 3. The number of amides is 1. The molecule has 21 heavy (non-hydrogen) atoms. The number of likely N-dealkylation sites (N-methyl/N-ethyl adjacent to an activating group) is 1. The molecule has 0 heterocycles. The second-order valence-electron chi connectivity index (χ2n) is 5.14. The average molecular weight is 336 g/mol. The standard InChI is InChI=1S/C15H25N3O.2ClH/c1-12(2)18(4)11-14-7-5-6-13(8-14)9-17-15(19)10-16-3;;/h5-8,12,16H,9-11H2,1-4H3,(H,17,19);2*1H. The number of hydrogen-bond donors (Lipinski definition) is 2. The minimum absolute atomic E-state index is 0. The molecule has 4 nitrogen and oxygen atoms in total. The molecule has 0 atom stereocenters. The Morgan fingerprint density at radius 1 is 1.24 bits per heavy atom. The Morgan fingerprint density at radius 3 is 2.43 bits per heavy atom. The van der Waals surface area contributed by atoms with Crippen LogP contribution >= 0.6 is 24.8 Å². The summed E-state index contributed by atoms with van der Waals surface area (Å²) in [7, 11) is 3.88. The predicted octanol–water partition coefficient (Wildman–Crippen LogP) is 2.21. The van der Waals surface area contributed by atoms with Crippen LogP contribution in [0.5, 0.6) is 0 Å². The Hall–Kier alpha value is -0.810. The molecule has 2 N–H and O–H groups in total. The second-order valence-corrected chi connectivity index (χ2v) is 5.14. The van der Waals surface area contributed by atoms with E-state index in [9.17, 15) is 4.79 Å². The van der Waals surface area contributed by atoms with Gasteiger partial charge in [-0.1, -0.05) is 24.3 Å². The summed E-state index contributed by atoms with van der Waals surface area (Å²) in [5, 5.41) is 5.72. The molecule has 0 unspecified atom stereocenters. The first-order valence-electron chi connectivity index (χ1n) is 6.72. The summed E-state index contributed by atoms with van der Waals surface area (Å²) in [5.41, 5.74) is 2.41. The maximum Gasteiger partial charge on any atom is 0.234 e. The quantitative estimate of drug-likeness (QED) is 0.802. The Kier molecular flexibility index (Phi) is 12.6. The van der Waals surface area contributed by atoms with Crippen LogP contribution in [-0.2, 0) is 17.9 Å². The first kappa shape index (κ1) is 22.5. The molecule has 0 aliphatic carbocycles. The van der Waals surface area contributed by atoms with E-state index in [4.69, 9.17) is 0 Å². The highest BCUT2D eigenvalue weighted by atomic mass is 35.5. The number of carbonyl (C=O) groups excluding carboxylic acids is 1. The number of carbonyl (C=O) groups is 1. The van der Waals surface area contributed by atoms with Crippen LogP contribution in [0, 0.1) is 0 Å². The van der Waals surface area contributed by atoms with Crippen molar-refractivity contribution >= 4 is 30.7 Å². The maximum absolute atomic E-state index is 11.4. The zero-order valence-electron chi connectivity index (χ0n) is 13.2. The third-order valence-electron chi connectivity index (χ3n) is 3.13. The second kappa shape index (κ2) is 11.8. The number of nitrogens with zero attached hydrogens (tertiary/aromatic N) is 1. The van der Waals surface area contributed by atoms with Gasteiger partial charge in [-0.25, -0.2) is 0 Å². The fraction of sp³-hybridized carbons (Fsp3) is 0.533. The Bertz CT molecular complexity index is 414. The largest absolute Gasteiger partial charge is 0.351 e. The molecule has 0 aliphatic rings. The lowest BCUT2D eigenvalue weighted by molar-refractivity contribution is -0.120. The van der Waals surface area contributed by atoms with Gasteiger partial charge in [0, 0.05) is 19.1 Å². The third kappa shape index (κ3) is 8.94. The lowest BCUT2D eigenvalue weighted by Crippen LogP contribution is -2.31. The molecule has 0 saturated carbocycles. The Balaban J connectivity index is 0. The van der Waals surface area contributed by atoms with Gasteiger partial charge in [0.2, 0.25) is 5.91 Å². The molecule has 0 saturated heterocycles. The third-order valence-corrected chi connectivity index (χ3v) is 3.13. The van der Waals surface area contributed by atoms with Gasteiger partial charge in [0.05, 0.1) is 6.54 Å². The number of halogens is 2. The molecule has 0 spiro atoms. The van der Waals surface area contributed by atoms with Crippen molar-refractivity contribution < 1.29 is 4.79 Å². The fourth-order valence-corrected chi connectivity index (χ4v) is 1.73. The molecule has 1 rings (SSSR count). The smallest absolute Gasteiger partial charge is 0.234 e. The van der Waals surface area contributed by atoms with Crippen molar-refractivity contribution in [3.63, 3.8) is 0 Å². The summed E-state index contributed by atoms with van der Waals surface area (Å²) in [6, 6.07) is 8.89. The van der Waals surface area contributed by atoms with E-state index in [0.717, 1.165) is 12.1 Å². The van der Waals surface area contributed by atoms with Crippen LogP contribution in [0.2, 0.25) is 0 Å². The van der Waals surface area contributed by atoms with Crippen molar-refractivity contribution in [3.05, 3.63) is 35.4 Å². The van der Waals surface area contributed by atoms with E-state index in [1.165, 1.54) is 5.56 Å². The van der Waals surface area contributed by atoms with E-state index in [-0.39, 0.29) is 30.7 Å². The summed E-state index contributed by atoms with van der Waals surface area (Å²) in [6.45, 7) is 6.23. The van der Waals surface area contributed by atoms with E-state index in [1.807, 2.05) is 12.1 Å². The summed E-state index contributed by atoms with van der Waals surface area (Å²) >= 11 is 0. The van der Waals surface area contributed by atoms with E-state index in [2.05, 4.69) is 48.6 Å². The molecular formula is C15H27Cl2N3O. The lowest BCUT2D eigenvalue weighted by atomic mass is 10.1. The van der Waals surface area contributed by atoms with Crippen molar-refractivity contribution in [1.82, 2.24) is 15.5 Å². The zero-order valence-corrected chi connectivity index (χ0v) is 14.8. The molecule has 0 aliphatic heterocycles. The molecule has 6 heteroatoms. The Morgan fingerprint density at radius 2 is 1.86 bits per heavy atom. The zero-order chi connectivity index (χ0) is 14.3. The molecule has 1 aromatic carbocycles. The lowest BCUT2D eigenvalue weighted by Gasteiger charge is -2.21. The van der Waals surface area contributed by atoms with Crippen molar-refractivity contribution in [1.29, 1.82) is 0 Å². The van der Waals surface area contributed by atoms with Gasteiger partial charge >= 0.3 is 0 Å². The van der Waals surface area contributed by atoms with E-state index >= 15 is 0 Å². The molecule has 0 fully saturated rings. The van der Waals surface area contributed by atoms with Crippen molar-refractivity contribution in [3.8, 4) is 0 Å². The van der Waals surface area contributed by atoms with Gasteiger partial charge in [0.1, 0.15) is 0 Å². The van der Waals surface area contributed by atoms with E-state index in [1.54, 1.807) is 7.05 Å². The summed E-state index contributed by atoms with van der Waals surface area (Å²) in [6.07, 6.45) is 0. The van der Waals surface area contributed by atoms with E-state index < -0.39 is 0 Å². The molecular weight excluding hydrogens is 309 g/mol. The normalized spacial score (nSPS) is 10.0. The van der Waals surface area contributed by atoms with Crippen LogP contribution in [0.3, 0.4) is 0 Å². The van der Waals surface area contributed by atoms with Gasteiger partial charge in [-0.05, 0) is 39.1 Å². The van der Waals surface area contributed by atoms with Crippen LogP contribution in [0.15, 0.2) is 24.3 Å². The van der Waals surface area contributed by atoms with Gasteiger partial charge in [-0.15, -0.1) is 24.8 Å². The molecule has 0 aromatic heterocycles. The number of nitrogens with one attached hydrogen (secondary N) is 2. The molecule has 1 amide bonds. The highest BCUT2D eigenvalue weighted by molar-refractivity contribution is 5.85. The highest BCUT2D eigenvalue weighted by Gasteiger charge is 2.05. The SMILES string of the molecule is CNCC(=O)NCc1cccc(CN(C)C(C)C)c1.Cl.Cl. The number of rotatable bonds is 7. The van der Waals surface area contributed by atoms with Gasteiger partial charge in [-0.3, -0.25) is 9.69 Å². The molecule has 122 valence electrons. The van der Waals surface area contributed by atoms with Crippen LogP contribution in [0.4, 0.5) is 0 Å².